The Balaban J connectivity index is 2.21. The third-order valence-electron chi connectivity index (χ3n) is 4.65. The lowest BCUT2D eigenvalue weighted by atomic mass is 9.88. The predicted molar refractivity (Wildman–Crippen MR) is 112 cm³/mol. The SMILES string of the molecule is COc1ccc(C(=C(CCCO)c2cccnc2)c2ccc(OC)cc2)cc1. The minimum Gasteiger partial charge on any atom is -0.497 e. The summed E-state index contributed by atoms with van der Waals surface area (Å²) in [6, 6.07) is 20.1. The monoisotopic (exact) mass is 375 g/mol. The quantitative estimate of drug-likeness (QED) is 0.613. The molecule has 2 aromatic carbocycles. The molecule has 0 aliphatic carbocycles. The largest absolute Gasteiger partial charge is 0.497 e. The van der Waals surface area contributed by atoms with Crippen molar-refractivity contribution in [2.45, 2.75) is 12.8 Å². The van der Waals surface area contributed by atoms with E-state index in [4.69, 9.17) is 9.47 Å². The summed E-state index contributed by atoms with van der Waals surface area (Å²) in [5.74, 6) is 1.63. The Morgan fingerprint density at radius 2 is 1.39 bits per heavy atom. The third kappa shape index (κ3) is 4.59. The molecule has 0 fully saturated rings. The molecule has 1 aromatic heterocycles. The number of rotatable bonds is 8. The fourth-order valence-corrected chi connectivity index (χ4v) is 3.24. The highest BCUT2D eigenvalue weighted by Gasteiger charge is 2.15. The molecule has 3 rings (SSSR count). The van der Waals surface area contributed by atoms with Crippen molar-refractivity contribution in [1.29, 1.82) is 0 Å². The van der Waals surface area contributed by atoms with Gasteiger partial charge in [-0.15, -0.1) is 0 Å². The van der Waals surface area contributed by atoms with Gasteiger partial charge in [0, 0.05) is 19.0 Å². The zero-order chi connectivity index (χ0) is 19.8. The van der Waals surface area contributed by atoms with Gasteiger partial charge in [0.1, 0.15) is 11.5 Å². The highest BCUT2D eigenvalue weighted by molar-refractivity contribution is 5.98. The van der Waals surface area contributed by atoms with Crippen LogP contribution in [0.2, 0.25) is 0 Å². The standard InChI is InChI=1S/C24H25NO3/c1-27-21-11-7-18(8-12-21)24(19-9-13-22(28-2)14-10-19)23(6-4-16-26)20-5-3-15-25-17-20/h3,5,7-15,17,26H,4,6,16H2,1-2H3. The van der Waals surface area contributed by atoms with Crippen LogP contribution in [0, 0.1) is 0 Å². The van der Waals surface area contributed by atoms with Gasteiger partial charge in [-0.3, -0.25) is 4.98 Å². The van der Waals surface area contributed by atoms with Crippen LogP contribution in [0.15, 0.2) is 73.1 Å². The number of aliphatic hydroxyl groups is 1. The molecule has 4 nitrogen and oxygen atoms in total. The Kier molecular flexibility index (Phi) is 6.82. The van der Waals surface area contributed by atoms with Crippen LogP contribution in [0.25, 0.3) is 11.1 Å². The molecule has 0 aliphatic rings. The number of aromatic nitrogens is 1. The number of methoxy groups -OCH3 is 2. The molecule has 1 N–H and O–H groups in total. The van der Waals surface area contributed by atoms with E-state index in [-0.39, 0.29) is 6.61 Å². The molecule has 0 radical (unpaired) electrons. The van der Waals surface area contributed by atoms with Crippen molar-refractivity contribution < 1.29 is 14.6 Å². The molecule has 0 aliphatic heterocycles. The number of nitrogens with zero attached hydrogens (tertiary/aromatic N) is 1. The topological polar surface area (TPSA) is 51.6 Å². The third-order valence-corrected chi connectivity index (χ3v) is 4.65. The Bertz CT molecular complexity index is 851. The summed E-state index contributed by atoms with van der Waals surface area (Å²) in [6.45, 7) is 0.141. The fourth-order valence-electron chi connectivity index (χ4n) is 3.24. The minimum atomic E-state index is 0.141. The second-order valence-electron chi connectivity index (χ2n) is 6.38. The highest BCUT2D eigenvalue weighted by Crippen LogP contribution is 2.36. The van der Waals surface area contributed by atoms with Gasteiger partial charge in [0.15, 0.2) is 0 Å². The van der Waals surface area contributed by atoms with Crippen LogP contribution >= 0.6 is 0 Å². The molecule has 28 heavy (non-hydrogen) atoms. The van der Waals surface area contributed by atoms with E-state index in [0.717, 1.165) is 45.8 Å². The number of ether oxygens (including phenoxy) is 2. The normalized spacial score (nSPS) is 10.4. The number of benzene rings is 2. The molecule has 1 heterocycles. The van der Waals surface area contributed by atoms with E-state index in [1.165, 1.54) is 0 Å². The first-order valence-corrected chi connectivity index (χ1v) is 9.30. The second-order valence-corrected chi connectivity index (χ2v) is 6.38. The lowest BCUT2D eigenvalue weighted by Crippen LogP contribution is -1.98. The van der Waals surface area contributed by atoms with E-state index in [0.29, 0.717) is 6.42 Å². The van der Waals surface area contributed by atoms with Crippen molar-refractivity contribution in [3.05, 3.63) is 89.7 Å². The average molecular weight is 375 g/mol. The van der Waals surface area contributed by atoms with Gasteiger partial charge in [0.05, 0.1) is 14.2 Å². The van der Waals surface area contributed by atoms with Crippen molar-refractivity contribution in [2.24, 2.45) is 0 Å². The van der Waals surface area contributed by atoms with Crippen LogP contribution in [0.5, 0.6) is 11.5 Å². The van der Waals surface area contributed by atoms with Crippen molar-refractivity contribution in [1.82, 2.24) is 4.98 Å². The Morgan fingerprint density at radius 3 is 1.82 bits per heavy atom. The molecule has 144 valence electrons. The van der Waals surface area contributed by atoms with Gasteiger partial charge < -0.3 is 14.6 Å². The summed E-state index contributed by atoms with van der Waals surface area (Å²) >= 11 is 0. The molecule has 0 unspecified atom stereocenters. The zero-order valence-corrected chi connectivity index (χ0v) is 16.3. The molecule has 0 spiro atoms. The fraction of sp³-hybridized carbons (Fsp3) is 0.208. The Morgan fingerprint density at radius 1 is 0.821 bits per heavy atom. The van der Waals surface area contributed by atoms with Gasteiger partial charge in [-0.05, 0) is 71.0 Å². The van der Waals surface area contributed by atoms with Gasteiger partial charge in [0.25, 0.3) is 0 Å². The maximum Gasteiger partial charge on any atom is 0.118 e. The van der Waals surface area contributed by atoms with Gasteiger partial charge >= 0.3 is 0 Å². The zero-order valence-electron chi connectivity index (χ0n) is 16.3. The van der Waals surface area contributed by atoms with Gasteiger partial charge in [0.2, 0.25) is 0 Å². The minimum absolute atomic E-state index is 0.141. The number of hydrogen-bond acceptors (Lipinski definition) is 4. The molecule has 0 atom stereocenters. The molecule has 0 saturated carbocycles. The van der Waals surface area contributed by atoms with Gasteiger partial charge in [-0.25, -0.2) is 0 Å². The number of aliphatic hydroxyl groups excluding tert-OH is 1. The van der Waals surface area contributed by atoms with Crippen LogP contribution in [0.4, 0.5) is 0 Å². The summed E-state index contributed by atoms with van der Waals surface area (Å²) in [5.41, 5.74) is 5.49. The van der Waals surface area contributed by atoms with Crippen LogP contribution in [-0.4, -0.2) is 30.9 Å². The predicted octanol–water partition coefficient (Wildman–Crippen LogP) is 4.83. The molecular formula is C24H25NO3. The number of hydrogen-bond donors (Lipinski definition) is 1. The van der Waals surface area contributed by atoms with Crippen LogP contribution < -0.4 is 9.47 Å². The molecule has 0 saturated heterocycles. The lowest BCUT2D eigenvalue weighted by Gasteiger charge is -2.17. The Labute approximate surface area is 166 Å². The second kappa shape index (κ2) is 9.72. The molecule has 0 bridgehead atoms. The van der Waals surface area contributed by atoms with E-state index in [2.05, 4.69) is 35.3 Å². The summed E-state index contributed by atoms with van der Waals surface area (Å²) in [6.07, 6.45) is 5.07. The maximum absolute atomic E-state index is 9.45. The number of pyridine rings is 1. The highest BCUT2D eigenvalue weighted by atomic mass is 16.5. The molecule has 3 aromatic rings. The van der Waals surface area contributed by atoms with Gasteiger partial charge in [-0.2, -0.15) is 0 Å². The average Bonchev–Trinajstić information content (AvgIpc) is 2.77. The molecule has 4 heteroatoms. The van der Waals surface area contributed by atoms with Crippen molar-refractivity contribution >= 4 is 11.1 Å². The van der Waals surface area contributed by atoms with Crippen molar-refractivity contribution in [3.8, 4) is 11.5 Å². The van der Waals surface area contributed by atoms with Crippen LogP contribution in [-0.2, 0) is 0 Å². The smallest absolute Gasteiger partial charge is 0.118 e. The molecular weight excluding hydrogens is 350 g/mol. The van der Waals surface area contributed by atoms with E-state index >= 15 is 0 Å². The van der Waals surface area contributed by atoms with E-state index in [1.54, 1.807) is 20.4 Å². The summed E-state index contributed by atoms with van der Waals surface area (Å²) in [5, 5.41) is 9.45. The van der Waals surface area contributed by atoms with E-state index in [9.17, 15) is 5.11 Å². The van der Waals surface area contributed by atoms with E-state index < -0.39 is 0 Å². The molecule has 0 amide bonds. The maximum atomic E-state index is 9.45. The summed E-state index contributed by atoms with van der Waals surface area (Å²) in [4.78, 5) is 4.30. The van der Waals surface area contributed by atoms with Crippen molar-refractivity contribution in [3.63, 3.8) is 0 Å². The first-order valence-electron chi connectivity index (χ1n) is 9.30. The summed E-state index contributed by atoms with van der Waals surface area (Å²) < 4.78 is 10.6. The van der Waals surface area contributed by atoms with Crippen LogP contribution in [0.3, 0.4) is 0 Å². The summed E-state index contributed by atoms with van der Waals surface area (Å²) in [7, 11) is 3.33. The van der Waals surface area contributed by atoms with Crippen molar-refractivity contribution in [2.75, 3.05) is 20.8 Å². The first-order chi connectivity index (χ1) is 13.8. The lowest BCUT2D eigenvalue weighted by molar-refractivity contribution is 0.290. The number of allylic oxidation sites excluding steroid dienone is 1. The van der Waals surface area contributed by atoms with E-state index in [1.807, 2.05) is 36.5 Å². The Hall–Kier alpha value is -3.11. The first kappa shape index (κ1) is 19.6. The van der Waals surface area contributed by atoms with Crippen LogP contribution in [0.1, 0.15) is 29.5 Å². The van der Waals surface area contributed by atoms with Gasteiger partial charge in [-0.1, -0.05) is 30.3 Å².